The molecule has 1 aliphatic heterocycles. The third kappa shape index (κ3) is 10.6. The quantitative estimate of drug-likeness (QED) is 0.232. The SMILES string of the molecule is CCC(C)[C@@H]([C@@H](CC(=O)N1CCC[C@H]1[C@H](OC)[C@@H](C)C(=O)N[C@@H](Cc1ccccc1)c1nccs1)OC)N(C)C(=O)[C@@H](NC(C)=O)C(C)C. The number of benzene rings is 1. The average molecular weight is 700 g/mol. The van der Waals surface area contributed by atoms with Crippen molar-refractivity contribution in [1.82, 2.24) is 25.4 Å². The smallest absolute Gasteiger partial charge is 0.245 e. The summed E-state index contributed by atoms with van der Waals surface area (Å²) in [5.74, 6) is -1.40. The van der Waals surface area contributed by atoms with Gasteiger partial charge in [-0.25, -0.2) is 4.98 Å². The van der Waals surface area contributed by atoms with Crippen LogP contribution >= 0.6 is 11.3 Å². The Morgan fingerprint density at radius 3 is 2.31 bits per heavy atom. The Bertz CT molecular complexity index is 1340. The van der Waals surface area contributed by atoms with E-state index in [9.17, 15) is 19.2 Å². The van der Waals surface area contributed by atoms with Crippen LogP contribution in [0.5, 0.6) is 0 Å². The van der Waals surface area contributed by atoms with Gasteiger partial charge in [0.2, 0.25) is 23.6 Å². The van der Waals surface area contributed by atoms with E-state index in [-0.39, 0.29) is 54.0 Å². The third-order valence-corrected chi connectivity index (χ3v) is 10.8. The van der Waals surface area contributed by atoms with Crippen LogP contribution in [0.1, 0.15) is 83.8 Å². The van der Waals surface area contributed by atoms with E-state index in [2.05, 4.69) is 15.6 Å². The topological polar surface area (TPSA) is 130 Å². The highest BCUT2D eigenvalue weighted by Crippen LogP contribution is 2.30. The molecule has 272 valence electrons. The second-order valence-corrected chi connectivity index (χ2v) is 14.6. The van der Waals surface area contributed by atoms with Crippen LogP contribution in [0, 0.1) is 17.8 Å². The number of methoxy groups -OCH3 is 2. The van der Waals surface area contributed by atoms with Crippen molar-refractivity contribution in [2.24, 2.45) is 17.8 Å². The van der Waals surface area contributed by atoms with Gasteiger partial charge in [0.05, 0.1) is 42.7 Å². The van der Waals surface area contributed by atoms with Crippen LogP contribution in [0.25, 0.3) is 0 Å². The van der Waals surface area contributed by atoms with Gasteiger partial charge in [-0.15, -0.1) is 11.3 Å². The molecule has 0 aliphatic carbocycles. The zero-order chi connectivity index (χ0) is 36.2. The molecule has 3 rings (SSSR count). The first-order chi connectivity index (χ1) is 23.3. The molecule has 0 spiro atoms. The largest absolute Gasteiger partial charge is 0.379 e. The van der Waals surface area contributed by atoms with Crippen LogP contribution in [0.2, 0.25) is 0 Å². The number of carbonyl (C=O) groups excluding carboxylic acids is 4. The first-order valence-electron chi connectivity index (χ1n) is 17.5. The molecule has 8 atom stereocenters. The molecule has 1 fully saturated rings. The maximum absolute atomic E-state index is 14.1. The molecule has 11 nitrogen and oxygen atoms in total. The lowest BCUT2D eigenvalue weighted by atomic mass is 9.89. The van der Waals surface area contributed by atoms with Crippen LogP contribution in [-0.4, -0.2) is 96.6 Å². The van der Waals surface area contributed by atoms with Crippen LogP contribution in [0.4, 0.5) is 0 Å². The number of aromatic nitrogens is 1. The molecular formula is C37H57N5O6S. The summed E-state index contributed by atoms with van der Waals surface area (Å²) in [7, 11) is 4.89. The predicted octanol–water partition coefficient (Wildman–Crippen LogP) is 4.62. The van der Waals surface area contributed by atoms with Crippen molar-refractivity contribution in [2.45, 2.75) is 110 Å². The highest BCUT2D eigenvalue weighted by atomic mass is 32.1. The lowest BCUT2D eigenvalue weighted by molar-refractivity contribution is -0.147. The molecule has 0 radical (unpaired) electrons. The Hall–Kier alpha value is -3.35. The van der Waals surface area contributed by atoms with Gasteiger partial charge in [0.1, 0.15) is 11.0 Å². The summed E-state index contributed by atoms with van der Waals surface area (Å²) in [5.41, 5.74) is 1.09. The summed E-state index contributed by atoms with van der Waals surface area (Å²) in [6.07, 6.45) is 3.56. The Labute approximate surface area is 296 Å². The van der Waals surface area contributed by atoms with Crippen molar-refractivity contribution in [1.29, 1.82) is 0 Å². The zero-order valence-corrected chi connectivity index (χ0v) is 31.5. The van der Waals surface area contributed by atoms with E-state index >= 15 is 0 Å². The van der Waals surface area contributed by atoms with Gasteiger partial charge in [-0.3, -0.25) is 19.2 Å². The molecule has 1 saturated heterocycles. The van der Waals surface area contributed by atoms with Gasteiger partial charge in [0.25, 0.3) is 0 Å². The minimum Gasteiger partial charge on any atom is -0.379 e. The van der Waals surface area contributed by atoms with Gasteiger partial charge in [-0.2, -0.15) is 0 Å². The van der Waals surface area contributed by atoms with E-state index in [0.717, 1.165) is 23.4 Å². The number of carbonyl (C=O) groups is 4. The van der Waals surface area contributed by atoms with Crippen molar-refractivity contribution in [3.63, 3.8) is 0 Å². The van der Waals surface area contributed by atoms with Gasteiger partial charge in [-0.1, -0.05) is 71.4 Å². The summed E-state index contributed by atoms with van der Waals surface area (Å²) in [6.45, 7) is 11.7. The predicted molar refractivity (Wildman–Crippen MR) is 192 cm³/mol. The fourth-order valence-electron chi connectivity index (χ4n) is 7.02. The Morgan fingerprint density at radius 1 is 1.06 bits per heavy atom. The molecule has 4 amide bonds. The van der Waals surface area contributed by atoms with Gasteiger partial charge < -0.3 is 29.9 Å². The van der Waals surface area contributed by atoms with Crippen molar-refractivity contribution < 1.29 is 28.7 Å². The molecule has 49 heavy (non-hydrogen) atoms. The normalized spacial score (nSPS) is 19.0. The van der Waals surface area contributed by atoms with Crippen LogP contribution < -0.4 is 10.6 Å². The maximum atomic E-state index is 14.1. The molecule has 12 heteroatoms. The minimum atomic E-state index is -0.691. The van der Waals surface area contributed by atoms with Crippen molar-refractivity contribution in [2.75, 3.05) is 27.8 Å². The number of hydrogen-bond acceptors (Lipinski definition) is 8. The van der Waals surface area contributed by atoms with Crippen molar-refractivity contribution in [3.8, 4) is 0 Å². The number of nitrogens with one attached hydrogen (secondary N) is 2. The minimum absolute atomic E-state index is 0.0170. The van der Waals surface area contributed by atoms with Gasteiger partial charge in [0, 0.05) is 46.3 Å². The van der Waals surface area contributed by atoms with E-state index in [4.69, 9.17) is 9.47 Å². The molecule has 1 aromatic heterocycles. The van der Waals surface area contributed by atoms with E-state index in [1.807, 2.05) is 75.2 Å². The van der Waals surface area contributed by atoms with E-state index < -0.39 is 30.2 Å². The molecule has 2 aromatic rings. The van der Waals surface area contributed by atoms with Gasteiger partial charge >= 0.3 is 0 Å². The van der Waals surface area contributed by atoms with E-state index in [1.54, 1.807) is 32.4 Å². The number of likely N-dealkylation sites (tertiary alicyclic amines) is 1. The summed E-state index contributed by atoms with van der Waals surface area (Å²) in [4.78, 5) is 61.5. The molecule has 1 unspecified atom stereocenters. The fraction of sp³-hybridized carbons (Fsp3) is 0.649. The first kappa shape index (κ1) is 40.1. The van der Waals surface area contributed by atoms with Gasteiger partial charge in [0.15, 0.2) is 0 Å². The molecule has 1 aliphatic rings. The van der Waals surface area contributed by atoms with Crippen LogP contribution in [-0.2, 0) is 35.1 Å². The summed E-state index contributed by atoms with van der Waals surface area (Å²) >= 11 is 1.51. The van der Waals surface area contributed by atoms with Crippen LogP contribution in [0.3, 0.4) is 0 Å². The molecule has 1 aromatic carbocycles. The molecule has 2 N–H and O–H groups in total. The second-order valence-electron chi connectivity index (χ2n) is 13.6. The third-order valence-electron chi connectivity index (χ3n) is 9.90. The molecular weight excluding hydrogens is 643 g/mol. The van der Waals surface area contributed by atoms with Crippen molar-refractivity contribution >= 4 is 35.0 Å². The number of nitrogens with zero attached hydrogens (tertiary/aromatic N) is 3. The fourth-order valence-corrected chi connectivity index (χ4v) is 7.71. The first-order valence-corrected chi connectivity index (χ1v) is 18.3. The second kappa shape index (κ2) is 19.2. The number of rotatable bonds is 18. The average Bonchev–Trinajstić information content (AvgIpc) is 3.80. The zero-order valence-electron chi connectivity index (χ0n) is 30.7. The van der Waals surface area contributed by atoms with Crippen LogP contribution in [0.15, 0.2) is 41.9 Å². The molecule has 0 bridgehead atoms. The number of thiazole rings is 1. The van der Waals surface area contributed by atoms with E-state index in [1.165, 1.54) is 18.3 Å². The highest BCUT2D eigenvalue weighted by Gasteiger charge is 2.43. The number of ether oxygens (including phenoxy) is 2. The number of likely N-dealkylation sites (N-methyl/N-ethyl adjacent to an activating group) is 1. The van der Waals surface area contributed by atoms with Gasteiger partial charge in [-0.05, 0) is 36.7 Å². The Balaban J connectivity index is 1.77. The highest BCUT2D eigenvalue weighted by molar-refractivity contribution is 7.09. The Morgan fingerprint density at radius 2 is 1.76 bits per heavy atom. The lowest BCUT2D eigenvalue weighted by Gasteiger charge is -2.40. The summed E-state index contributed by atoms with van der Waals surface area (Å²) in [5, 5.41) is 8.75. The maximum Gasteiger partial charge on any atom is 0.245 e. The number of amides is 4. The van der Waals surface area contributed by atoms with E-state index in [0.29, 0.717) is 19.4 Å². The molecule has 0 saturated carbocycles. The lowest BCUT2D eigenvalue weighted by Crippen LogP contribution is -2.57. The molecule has 2 heterocycles. The summed E-state index contributed by atoms with van der Waals surface area (Å²) < 4.78 is 12.0. The van der Waals surface area contributed by atoms with Crippen molar-refractivity contribution in [3.05, 3.63) is 52.5 Å². The number of hydrogen-bond donors (Lipinski definition) is 2. The standard InChI is InChI=1S/C37H57N5O6S/c1-10-24(4)33(41(7)37(46)32(23(2)3)39-26(6)43)30(47-8)22-31(44)42-19-14-17-29(42)34(48-9)25(5)35(45)40-28(36-38-18-20-49-36)21-27-15-12-11-13-16-27/h11-13,15-16,18,20,23-25,28-30,32-34H,10,14,17,19,21-22H2,1-9H3,(H,39,43)(H,40,45)/t24?,25-,28+,29+,30-,32+,33+,34-/m1/s1. The monoisotopic (exact) mass is 699 g/mol. The Kier molecular flexibility index (Phi) is 15.7. The summed E-state index contributed by atoms with van der Waals surface area (Å²) in [6, 6.07) is 8.31.